The quantitative estimate of drug-likeness (QED) is 0.846. The summed E-state index contributed by atoms with van der Waals surface area (Å²) in [7, 11) is 1.38. The summed E-state index contributed by atoms with van der Waals surface area (Å²) >= 11 is 5.86. The van der Waals surface area contributed by atoms with Crippen LogP contribution in [0.4, 0.5) is 10.5 Å². The molecular formula is C12H15ClN2O4. The van der Waals surface area contributed by atoms with Crippen molar-refractivity contribution in [2.45, 2.75) is 26.4 Å². The fourth-order valence-electron chi connectivity index (χ4n) is 1.34. The number of carbonyl (C=O) groups excluding carboxylic acids is 1. The number of rotatable bonds is 2. The molecule has 0 aliphatic heterocycles. The van der Waals surface area contributed by atoms with Crippen LogP contribution in [-0.4, -0.2) is 34.8 Å². The lowest BCUT2D eigenvalue weighted by molar-refractivity contribution is 0.0589. The van der Waals surface area contributed by atoms with Crippen molar-refractivity contribution in [3.63, 3.8) is 0 Å². The van der Waals surface area contributed by atoms with E-state index in [1.54, 1.807) is 20.8 Å². The van der Waals surface area contributed by atoms with Gasteiger partial charge in [-0.25, -0.2) is 14.6 Å². The maximum atomic E-state index is 11.9. The number of carbonyl (C=O) groups is 2. The molecule has 0 saturated heterocycles. The average Bonchev–Trinajstić information content (AvgIpc) is 2.25. The highest BCUT2D eigenvalue weighted by molar-refractivity contribution is 6.33. The molecule has 0 saturated carbocycles. The van der Waals surface area contributed by atoms with Crippen LogP contribution in [0.2, 0.25) is 5.15 Å². The fraction of sp³-hybridized carbons (Fsp3) is 0.417. The number of amides is 1. The Kier molecular flexibility index (Phi) is 4.36. The molecule has 0 unspecified atom stereocenters. The van der Waals surface area contributed by atoms with E-state index >= 15 is 0 Å². The first-order valence-electron chi connectivity index (χ1n) is 5.48. The molecule has 0 fully saturated rings. The third-order valence-corrected chi connectivity index (χ3v) is 2.39. The topological polar surface area (TPSA) is 79.7 Å². The van der Waals surface area contributed by atoms with Crippen LogP contribution in [0.15, 0.2) is 12.3 Å². The SMILES string of the molecule is CN(C(=O)OC(C)(C)C)c1c(C(=O)O)ccnc1Cl. The number of carboxylic acids is 1. The first kappa shape index (κ1) is 15.2. The lowest BCUT2D eigenvalue weighted by Gasteiger charge is -2.25. The van der Waals surface area contributed by atoms with E-state index in [-0.39, 0.29) is 16.4 Å². The Hall–Kier alpha value is -1.82. The summed E-state index contributed by atoms with van der Waals surface area (Å²) in [5.41, 5.74) is -0.803. The van der Waals surface area contributed by atoms with Crippen LogP contribution in [0.1, 0.15) is 31.1 Å². The van der Waals surface area contributed by atoms with Crippen LogP contribution in [-0.2, 0) is 4.74 Å². The molecule has 1 heterocycles. The van der Waals surface area contributed by atoms with E-state index in [4.69, 9.17) is 21.4 Å². The molecule has 1 rings (SSSR count). The number of ether oxygens (including phenoxy) is 1. The van der Waals surface area contributed by atoms with Crippen molar-refractivity contribution in [2.24, 2.45) is 0 Å². The summed E-state index contributed by atoms with van der Waals surface area (Å²) in [4.78, 5) is 27.8. The molecule has 1 N–H and O–H groups in total. The van der Waals surface area contributed by atoms with Gasteiger partial charge in [-0.3, -0.25) is 4.90 Å². The highest BCUT2D eigenvalue weighted by Crippen LogP contribution is 2.28. The Labute approximate surface area is 115 Å². The zero-order valence-electron chi connectivity index (χ0n) is 11.1. The Balaban J connectivity index is 3.16. The maximum absolute atomic E-state index is 11.9. The lowest BCUT2D eigenvalue weighted by atomic mass is 10.2. The number of anilines is 1. The van der Waals surface area contributed by atoms with Gasteiger partial charge in [0.2, 0.25) is 0 Å². The van der Waals surface area contributed by atoms with E-state index in [2.05, 4.69) is 4.98 Å². The largest absolute Gasteiger partial charge is 0.478 e. The number of hydrogen-bond donors (Lipinski definition) is 1. The molecule has 0 bridgehead atoms. The van der Waals surface area contributed by atoms with Gasteiger partial charge in [-0.05, 0) is 26.8 Å². The molecule has 7 heteroatoms. The first-order chi connectivity index (χ1) is 8.63. The predicted molar refractivity (Wildman–Crippen MR) is 70.8 cm³/mol. The number of aromatic carboxylic acids is 1. The molecule has 0 radical (unpaired) electrons. The maximum Gasteiger partial charge on any atom is 0.414 e. The Morgan fingerprint density at radius 1 is 1.42 bits per heavy atom. The molecule has 0 spiro atoms. The Bertz CT molecular complexity index is 511. The molecule has 104 valence electrons. The summed E-state index contributed by atoms with van der Waals surface area (Å²) < 4.78 is 5.15. The zero-order chi connectivity index (χ0) is 14.8. The number of carboxylic acid groups (broad SMARTS) is 1. The third-order valence-electron chi connectivity index (χ3n) is 2.11. The van der Waals surface area contributed by atoms with Crippen molar-refractivity contribution in [2.75, 3.05) is 11.9 Å². The minimum absolute atomic E-state index is 0.00548. The Morgan fingerprint density at radius 2 is 2.00 bits per heavy atom. The van der Waals surface area contributed by atoms with Crippen LogP contribution in [0.3, 0.4) is 0 Å². The highest BCUT2D eigenvalue weighted by Gasteiger charge is 2.26. The minimum atomic E-state index is -1.20. The standard InChI is InChI=1S/C12H15ClN2O4/c1-12(2,3)19-11(18)15(4)8-7(10(16)17)5-6-14-9(8)13/h5-6H,1-4H3,(H,16,17). The van der Waals surface area contributed by atoms with E-state index < -0.39 is 17.7 Å². The fourth-order valence-corrected chi connectivity index (χ4v) is 1.63. The summed E-state index contributed by atoms with van der Waals surface area (Å²) in [6.07, 6.45) is 0.558. The monoisotopic (exact) mass is 286 g/mol. The normalized spacial score (nSPS) is 11.0. The molecule has 0 aliphatic rings. The highest BCUT2D eigenvalue weighted by atomic mass is 35.5. The molecule has 1 aromatic rings. The van der Waals surface area contributed by atoms with E-state index in [1.807, 2.05) is 0 Å². The van der Waals surface area contributed by atoms with Gasteiger partial charge in [0.1, 0.15) is 5.60 Å². The van der Waals surface area contributed by atoms with Crippen molar-refractivity contribution in [1.82, 2.24) is 4.98 Å². The van der Waals surface area contributed by atoms with Gasteiger partial charge in [0.05, 0.1) is 11.3 Å². The summed E-state index contributed by atoms with van der Waals surface area (Å²) in [5.74, 6) is -1.20. The number of pyridine rings is 1. The van der Waals surface area contributed by atoms with Crippen LogP contribution in [0, 0.1) is 0 Å². The number of aromatic nitrogens is 1. The van der Waals surface area contributed by atoms with Gasteiger partial charge < -0.3 is 9.84 Å². The van der Waals surface area contributed by atoms with Crippen molar-refractivity contribution in [3.8, 4) is 0 Å². The van der Waals surface area contributed by atoms with E-state index in [1.165, 1.54) is 19.3 Å². The summed E-state index contributed by atoms with van der Waals surface area (Å²) in [6.45, 7) is 5.13. The van der Waals surface area contributed by atoms with E-state index in [0.29, 0.717) is 0 Å². The molecule has 0 atom stereocenters. The van der Waals surface area contributed by atoms with Crippen molar-refractivity contribution in [1.29, 1.82) is 0 Å². The number of halogens is 1. The summed E-state index contributed by atoms with van der Waals surface area (Å²) in [6, 6.07) is 1.27. The van der Waals surface area contributed by atoms with Crippen molar-refractivity contribution < 1.29 is 19.4 Å². The lowest BCUT2D eigenvalue weighted by Crippen LogP contribution is -2.35. The van der Waals surface area contributed by atoms with Gasteiger partial charge in [-0.1, -0.05) is 11.6 Å². The van der Waals surface area contributed by atoms with Crippen LogP contribution >= 0.6 is 11.6 Å². The van der Waals surface area contributed by atoms with Crippen molar-refractivity contribution in [3.05, 3.63) is 23.0 Å². The smallest absolute Gasteiger partial charge is 0.414 e. The number of hydrogen-bond acceptors (Lipinski definition) is 4. The summed E-state index contributed by atoms with van der Waals surface area (Å²) in [5, 5.41) is 9.01. The van der Waals surface area contributed by atoms with E-state index in [0.717, 1.165) is 4.90 Å². The Morgan fingerprint density at radius 3 is 2.47 bits per heavy atom. The van der Waals surface area contributed by atoms with Gasteiger partial charge >= 0.3 is 12.1 Å². The van der Waals surface area contributed by atoms with Gasteiger partial charge in [0.15, 0.2) is 5.15 Å². The minimum Gasteiger partial charge on any atom is -0.478 e. The van der Waals surface area contributed by atoms with Gasteiger partial charge in [-0.15, -0.1) is 0 Å². The van der Waals surface area contributed by atoms with Crippen molar-refractivity contribution >= 4 is 29.4 Å². The van der Waals surface area contributed by atoms with Gasteiger partial charge in [-0.2, -0.15) is 0 Å². The van der Waals surface area contributed by atoms with Gasteiger partial charge in [0.25, 0.3) is 0 Å². The van der Waals surface area contributed by atoms with Crippen LogP contribution < -0.4 is 4.90 Å². The second-order valence-electron chi connectivity index (χ2n) is 4.84. The molecule has 0 aromatic carbocycles. The van der Waals surface area contributed by atoms with E-state index in [9.17, 15) is 9.59 Å². The molecule has 19 heavy (non-hydrogen) atoms. The molecule has 0 aliphatic carbocycles. The molecule has 1 aromatic heterocycles. The van der Waals surface area contributed by atoms with Crippen LogP contribution in [0.5, 0.6) is 0 Å². The van der Waals surface area contributed by atoms with Gasteiger partial charge in [0, 0.05) is 13.2 Å². The predicted octanol–water partition coefficient (Wildman–Crippen LogP) is 2.80. The zero-order valence-corrected chi connectivity index (χ0v) is 11.9. The second kappa shape index (κ2) is 5.44. The molecular weight excluding hydrogens is 272 g/mol. The van der Waals surface area contributed by atoms with Crippen LogP contribution in [0.25, 0.3) is 0 Å². The molecule has 1 amide bonds. The second-order valence-corrected chi connectivity index (χ2v) is 5.20. The number of nitrogens with zero attached hydrogens (tertiary/aromatic N) is 2. The third kappa shape index (κ3) is 3.82. The first-order valence-corrected chi connectivity index (χ1v) is 5.86. The average molecular weight is 287 g/mol. The molecule has 6 nitrogen and oxygen atoms in total.